The van der Waals surface area contributed by atoms with Gasteiger partial charge in [0.25, 0.3) is 0 Å². The molecule has 5 rings (SSSR count). The van der Waals surface area contributed by atoms with Crippen LogP contribution in [0.2, 0.25) is 0 Å². The number of rotatable bonds is 6. The molecule has 2 aromatic carbocycles. The highest BCUT2D eigenvalue weighted by Gasteiger charge is 2.67. The third-order valence-corrected chi connectivity index (χ3v) is 6.69. The molecule has 6 heteroatoms. The number of amides is 1. The van der Waals surface area contributed by atoms with Gasteiger partial charge in [-0.15, -0.1) is 0 Å². The summed E-state index contributed by atoms with van der Waals surface area (Å²) in [7, 11) is 1.62. The molecule has 0 unspecified atom stereocenters. The molecule has 0 radical (unpaired) electrons. The standard InChI is InChI=1S/C25H25NO5/c1-16(18-8-10-19(29-2)11-9-18)26-15-25-13-12-20(31-25)21(22(25)23(26)27)24(28)30-14-17-6-4-3-5-7-17/h3-13,16,20-22H,14-15H2,1-2H3/t16-,20-,21+,22+,25-/m0/s1. The fourth-order valence-electron chi connectivity index (χ4n) is 5.01. The molecule has 2 saturated heterocycles. The van der Waals surface area contributed by atoms with Crippen molar-refractivity contribution in [3.63, 3.8) is 0 Å². The summed E-state index contributed by atoms with van der Waals surface area (Å²) in [5.74, 6) is -0.833. The van der Waals surface area contributed by atoms with Gasteiger partial charge < -0.3 is 19.1 Å². The molecule has 31 heavy (non-hydrogen) atoms. The fraction of sp³-hybridized carbons (Fsp3) is 0.360. The summed E-state index contributed by atoms with van der Waals surface area (Å²) < 4.78 is 17.0. The van der Waals surface area contributed by atoms with E-state index < -0.39 is 23.5 Å². The highest BCUT2D eigenvalue weighted by atomic mass is 16.6. The molecule has 0 N–H and O–H groups in total. The first-order valence-corrected chi connectivity index (χ1v) is 10.5. The normalized spacial score (nSPS) is 29.2. The summed E-state index contributed by atoms with van der Waals surface area (Å²) in [6.07, 6.45) is 3.46. The van der Waals surface area contributed by atoms with Crippen LogP contribution in [0.15, 0.2) is 66.7 Å². The quantitative estimate of drug-likeness (QED) is 0.531. The van der Waals surface area contributed by atoms with Gasteiger partial charge in [0.15, 0.2) is 0 Å². The van der Waals surface area contributed by atoms with E-state index in [2.05, 4.69) is 0 Å². The zero-order valence-corrected chi connectivity index (χ0v) is 17.6. The Morgan fingerprint density at radius 3 is 2.65 bits per heavy atom. The molecule has 2 aromatic rings. The van der Waals surface area contributed by atoms with Gasteiger partial charge in [-0.1, -0.05) is 54.6 Å². The van der Waals surface area contributed by atoms with Gasteiger partial charge in [-0.05, 0) is 30.2 Å². The lowest BCUT2D eigenvalue weighted by atomic mass is 9.77. The van der Waals surface area contributed by atoms with Gasteiger partial charge in [0, 0.05) is 0 Å². The van der Waals surface area contributed by atoms with E-state index in [1.807, 2.05) is 78.6 Å². The van der Waals surface area contributed by atoms with Gasteiger partial charge in [0.1, 0.15) is 23.9 Å². The van der Waals surface area contributed by atoms with E-state index >= 15 is 0 Å². The van der Waals surface area contributed by atoms with E-state index in [-0.39, 0.29) is 24.5 Å². The second kappa shape index (κ2) is 7.54. The van der Waals surface area contributed by atoms with E-state index in [0.29, 0.717) is 6.54 Å². The van der Waals surface area contributed by atoms with Crippen molar-refractivity contribution in [3.05, 3.63) is 77.9 Å². The smallest absolute Gasteiger partial charge is 0.313 e. The minimum atomic E-state index is -0.751. The van der Waals surface area contributed by atoms with Crippen LogP contribution >= 0.6 is 0 Å². The van der Waals surface area contributed by atoms with Crippen LogP contribution in [-0.2, 0) is 25.7 Å². The van der Waals surface area contributed by atoms with Gasteiger partial charge in [-0.25, -0.2) is 0 Å². The van der Waals surface area contributed by atoms with Gasteiger partial charge in [-0.3, -0.25) is 9.59 Å². The second-order valence-electron chi connectivity index (χ2n) is 8.41. The number of esters is 1. The summed E-state index contributed by atoms with van der Waals surface area (Å²) in [6, 6.07) is 17.1. The van der Waals surface area contributed by atoms with Gasteiger partial charge in [0.2, 0.25) is 5.91 Å². The number of nitrogens with zero attached hydrogens (tertiary/aromatic N) is 1. The predicted molar refractivity (Wildman–Crippen MR) is 113 cm³/mol. The molecule has 0 aliphatic carbocycles. The molecule has 6 nitrogen and oxygen atoms in total. The Bertz CT molecular complexity index is 1020. The van der Waals surface area contributed by atoms with Crippen molar-refractivity contribution in [2.45, 2.75) is 31.3 Å². The van der Waals surface area contributed by atoms with E-state index in [4.69, 9.17) is 14.2 Å². The molecular formula is C25H25NO5. The molecule has 0 aromatic heterocycles. The summed E-state index contributed by atoms with van der Waals surface area (Å²) in [4.78, 5) is 28.3. The van der Waals surface area contributed by atoms with Crippen LogP contribution in [0.5, 0.6) is 5.75 Å². The zero-order valence-electron chi connectivity index (χ0n) is 17.6. The van der Waals surface area contributed by atoms with Crippen LogP contribution < -0.4 is 4.74 Å². The summed E-state index contributed by atoms with van der Waals surface area (Å²) in [5.41, 5.74) is 1.17. The maximum atomic E-state index is 13.5. The topological polar surface area (TPSA) is 65.1 Å². The van der Waals surface area contributed by atoms with Crippen molar-refractivity contribution in [2.24, 2.45) is 11.8 Å². The number of hydrogen-bond acceptors (Lipinski definition) is 5. The van der Waals surface area contributed by atoms with E-state index in [1.165, 1.54) is 0 Å². The van der Waals surface area contributed by atoms with Crippen LogP contribution in [0.3, 0.4) is 0 Å². The Hall–Kier alpha value is -3.12. The van der Waals surface area contributed by atoms with Crippen molar-refractivity contribution in [1.29, 1.82) is 0 Å². The van der Waals surface area contributed by atoms with Gasteiger partial charge in [-0.2, -0.15) is 0 Å². The SMILES string of the molecule is COc1ccc([C@H](C)N2C[C@]34C=C[C@H](O3)[C@@H](C(=O)OCc3ccccc3)[C@@H]4C2=O)cc1. The minimum Gasteiger partial charge on any atom is -0.497 e. The maximum Gasteiger partial charge on any atom is 0.313 e. The Balaban J connectivity index is 1.34. The van der Waals surface area contributed by atoms with Crippen molar-refractivity contribution in [2.75, 3.05) is 13.7 Å². The van der Waals surface area contributed by atoms with Crippen LogP contribution in [0.1, 0.15) is 24.1 Å². The largest absolute Gasteiger partial charge is 0.497 e. The third kappa shape index (κ3) is 3.22. The molecular weight excluding hydrogens is 394 g/mol. The van der Waals surface area contributed by atoms with Gasteiger partial charge in [0.05, 0.1) is 31.7 Å². The zero-order chi connectivity index (χ0) is 21.6. The first-order chi connectivity index (χ1) is 15.0. The number of fused-ring (bicyclic) bond motifs is 1. The van der Waals surface area contributed by atoms with Gasteiger partial charge >= 0.3 is 5.97 Å². The fourth-order valence-corrected chi connectivity index (χ4v) is 5.01. The summed E-state index contributed by atoms with van der Waals surface area (Å²) in [6.45, 7) is 2.61. The first-order valence-electron chi connectivity index (χ1n) is 10.5. The number of ether oxygens (including phenoxy) is 3. The Morgan fingerprint density at radius 1 is 1.19 bits per heavy atom. The number of carbonyl (C=O) groups is 2. The lowest BCUT2D eigenvalue weighted by Gasteiger charge is -2.27. The number of hydrogen-bond donors (Lipinski definition) is 0. The number of methoxy groups -OCH3 is 1. The van der Waals surface area contributed by atoms with Crippen molar-refractivity contribution in [1.82, 2.24) is 4.90 Å². The minimum absolute atomic E-state index is 0.0585. The third-order valence-electron chi connectivity index (χ3n) is 6.69. The number of likely N-dealkylation sites (tertiary alicyclic amines) is 1. The number of benzene rings is 2. The van der Waals surface area contributed by atoms with Crippen LogP contribution in [-0.4, -0.2) is 42.1 Å². The van der Waals surface area contributed by atoms with Crippen LogP contribution in [0.25, 0.3) is 0 Å². The van der Waals surface area contributed by atoms with Crippen molar-refractivity contribution >= 4 is 11.9 Å². The average Bonchev–Trinajstić information content (AvgIpc) is 3.46. The molecule has 160 valence electrons. The Kier molecular flexibility index (Phi) is 4.82. The van der Waals surface area contributed by atoms with Crippen molar-refractivity contribution < 1.29 is 23.8 Å². The summed E-state index contributed by atoms with van der Waals surface area (Å²) in [5, 5.41) is 0. The van der Waals surface area contributed by atoms with E-state index in [9.17, 15) is 9.59 Å². The van der Waals surface area contributed by atoms with E-state index in [0.717, 1.165) is 16.9 Å². The first kappa shape index (κ1) is 19.8. The lowest BCUT2D eigenvalue weighted by molar-refractivity contribution is -0.155. The van der Waals surface area contributed by atoms with Crippen LogP contribution in [0.4, 0.5) is 0 Å². The molecule has 3 aliphatic heterocycles. The lowest BCUT2D eigenvalue weighted by Crippen LogP contribution is -2.40. The molecule has 1 spiro atoms. The number of carbonyl (C=O) groups excluding carboxylic acids is 2. The molecule has 3 aliphatic rings. The highest BCUT2D eigenvalue weighted by molar-refractivity contribution is 5.91. The Morgan fingerprint density at radius 2 is 1.94 bits per heavy atom. The molecule has 3 heterocycles. The summed E-state index contributed by atoms with van der Waals surface area (Å²) >= 11 is 0. The Labute approximate surface area is 181 Å². The second-order valence-corrected chi connectivity index (χ2v) is 8.41. The molecule has 5 atom stereocenters. The monoisotopic (exact) mass is 419 g/mol. The molecule has 2 bridgehead atoms. The average molecular weight is 419 g/mol. The predicted octanol–water partition coefficient (Wildman–Crippen LogP) is 3.28. The van der Waals surface area contributed by atoms with Crippen molar-refractivity contribution in [3.8, 4) is 5.75 Å². The highest BCUT2D eigenvalue weighted by Crippen LogP contribution is 2.53. The maximum absolute atomic E-state index is 13.5. The molecule has 1 amide bonds. The molecule has 2 fully saturated rings. The molecule has 0 saturated carbocycles. The van der Waals surface area contributed by atoms with E-state index in [1.54, 1.807) is 7.11 Å². The van der Waals surface area contributed by atoms with Crippen LogP contribution in [0, 0.1) is 11.8 Å².